The van der Waals surface area contributed by atoms with Crippen molar-refractivity contribution in [2.75, 3.05) is 13.2 Å². The number of esters is 1. The fourth-order valence-corrected chi connectivity index (χ4v) is 4.40. The minimum absolute atomic E-state index is 0.139. The van der Waals surface area contributed by atoms with Crippen molar-refractivity contribution in [2.45, 2.75) is 43.7 Å². The van der Waals surface area contributed by atoms with E-state index in [2.05, 4.69) is 4.90 Å². The Morgan fingerprint density at radius 2 is 1.60 bits per heavy atom. The number of carbonyl (C=O) groups excluding carboxylic acids is 1. The molecule has 2 aromatic carbocycles. The van der Waals surface area contributed by atoms with E-state index < -0.39 is 0 Å². The first-order chi connectivity index (χ1) is 12.3. The molecule has 130 valence electrons. The summed E-state index contributed by atoms with van der Waals surface area (Å²) in [5.41, 5.74) is 1.98. The Bertz CT molecular complexity index is 661. The van der Waals surface area contributed by atoms with Crippen molar-refractivity contribution in [3.8, 4) is 0 Å². The van der Waals surface area contributed by atoms with Crippen molar-refractivity contribution >= 4 is 5.97 Å². The SMILES string of the molecule is O=C(OC[C@@H]1CC[C@@H]2CCCN21)C(c1ccccc1)c1ccccc1. The molecule has 0 saturated carbocycles. The molecular weight excluding hydrogens is 310 g/mol. The number of nitrogens with zero attached hydrogens (tertiary/aromatic N) is 1. The molecular formula is C22H25NO2. The Hall–Kier alpha value is -2.13. The first kappa shape index (κ1) is 16.3. The first-order valence-electron chi connectivity index (χ1n) is 9.35. The van der Waals surface area contributed by atoms with Gasteiger partial charge < -0.3 is 4.74 Å². The molecule has 3 heteroatoms. The van der Waals surface area contributed by atoms with Crippen LogP contribution in [0.25, 0.3) is 0 Å². The Morgan fingerprint density at radius 1 is 0.960 bits per heavy atom. The second-order valence-corrected chi connectivity index (χ2v) is 7.15. The highest BCUT2D eigenvalue weighted by Gasteiger charge is 2.37. The first-order valence-corrected chi connectivity index (χ1v) is 9.35. The van der Waals surface area contributed by atoms with Crippen LogP contribution in [0.3, 0.4) is 0 Å². The van der Waals surface area contributed by atoms with Gasteiger partial charge >= 0.3 is 5.97 Å². The molecule has 0 unspecified atom stereocenters. The second kappa shape index (κ2) is 7.40. The Balaban J connectivity index is 1.48. The summed E-state index contributed by atoms with van der Waals surface area (Å²) in [5, 5.41) is 0. The summed E-state index contributed by atoms with van der Waals surface area (Å²) >= 11 is 0. The Kier molecular flexibility index (Phi) is 4.84. The van der Waals surface area contributed by atoms with Gasteiger partial charge in [-0.2, -0.15) is 0 Å². The van der Waals surface area contributed by atoms with Crippen LogP contribution < -0.4 is 0 Å². The lowest BCUT2D eigenvalue weighted by molar-refractivity contribution is -0.146. The zero-order chi connectivity index (χ0) is 17.1. The highest BCUT2D eigenvalue weighted by Crippen LogP contribution is 2.33. The van der Waals surface area contributed by atoms with Gasteiger partial charge in [0.25, 0.3) is 0 Å². The molecule has 0 aromatic heterocycles. The summed E-state index contributed by atoms with van der Waals surface area (Å²) in [7, 11) is 0. The summed E-state index contributed by atoms with van der Waals surface area (Å²) in [6.45, 7) is 1.68. The lowest BCUT2D eigenvalue weighted by Crippen LogP contribution is -2.35. The molecule has 0 spiro atoms. The minimum Gasteiger partial charge on any atom is -0.463 e. The smallest absolute Gasteiger partial charge is 0.317 e. The fraction of sp³-hybridized carbons (Fsp3) is 0.409. The summed E-state index contributed by atoms with van der Waals surface area (Å²) in [6, 6.07) is 21.0. The van der Waals surface area contributed by atoms with Crippen LogP contribution in [0.5, 0.6) is 0 Å². The van der Waals surface area contributed by atoms with Crippen LogP contribution in [0.1, 0.15) is 42.7 Å². The van der Waals surface area contributed by atoms with E-state index in [1.807, 2.05) is 60.7 Å². The monoisotopic (exact) mass is 335 g/mol. The van der Waals surface area contributed by atoms with Gasteiger partial charge in [0, 0.05) is 12.1 Å². The molecule has 4 rings (SSSR count). The van der Waals surface area contributed by atoms with Gasteiger partial charge in [0.2, 0.25) is 0 Å². The van der Waals surface area contributed by atoms with Crippen LogP contribution in [0.15, 0.2) is 60.7 Å². The van der Waals surface area contributed by atoms with Crippen molar-refractivity contribution in [1.29, 1.82) is 0 Å². The maximum absolute atomic E-state index is 13.0. The molecule has 0 aliphatic carbocycles. The summed E-state index contributed by atoms with van der Waals surface area (Å²) < 4.78 is 5.82. The van der Waals surface area contributed by atoms with Crippen LogP contribution in [0, 0.1) is 0 Å². The van der Waals surface area contributed by atoms with Gasteiger partial charge in [0.1, 0.15) is 12.5 Å². The van der Waals surface area contributed by atoms with E-state index in [1.54, 1.807) is 0 Å². The number of ether oxygens (including phenoxy) is 1. The lowest BCUT2D eigenvalue weighted by Gasteiger charge is -2.24. The fourth-order valence-electron chi connectivity index (χ4n) is 4.40. The topological polar surface area (TPSA) is 29.5 Å². The minimum atomic E-state index is -0.349. The maximum atomic E-state index is 13.0. The van der Waals surface area contributed by atoms with Crippen molar-refractivity contribution in [3.05, 3.63) is 71.8 Å². The predicted octanol–water partition coefficient (Wildman–Crippen LogP) is 3.99. The van der Waals surface area contributed by atoms with E-state index in [4.69, 9.17) is 4.74 Å². The average Bonchev–Trinajstić information content (AvgIpc) is 3.26. The van der Waals surface area contributed by atoms with Crippen LogP contribution in [0.2, 0.25) is 0 Å². The standard InChI is InChI=1S/C22H25NO2/c24-22(25-16-20-14-13-19-12-7-15-23(19)20)21(17-8-3-1-4-9-17)18-10-5-2-6-11-18/h1-6,8-11,19-21H,7,12-16H2/t19-,20-/m0/s1. The lowest BCUT2D eigenvalue weighted by atomic mass is 9.91. The van der Waals surface area contributed by atoms with Crippen LogP contribution in [-0.4, -0.2) is 36.1 Å². The number of hydrogen-bond donors (Lipinski definition) is 0. The molecule has 2 aliphatic rings. The molecule has 2 fully saturated rings. The highest BCUT2D eigenvalue weighted by molar-refractivity contribution is 5.82. The Labute approximate surface area is 149 Å². The van der Waals surface area contributed by atoms with E-state index in [9.17, 15) is 4.79 Å². The van der Waals surface area contributed by atoms with Crippen LogP contribution in [-0.2, 0) is 9.53 Å². The summed E-state index contributed by atoms with van der Waals surface area (Å²) in [4.78, 5) is 15.5. The van der Waals surface area contributed by atoms with Gasteiger partial charge in [-0.25, -0.2) is 0 Å². The Morgan fingerprint density at radius 3 is 2.24 bits per heavy atom. The van der Waals surface area contributed by atoms with Crippen molar-refractivity contribution in [1.82, 2.24) is 4.90 Å². The zero-order valence-corrected chi connectivity index (χ0v) is 14.5. The van der Waals surface area contributed by atoms with E-state index in [1.165, 1.54) is 19.3 Å². The van der Waals surface area contributed by atoms with Gasteiger partial charge in [-0.1, -0.05) is 60.7 Å². The third-order valence-corrected chi connectivity index (χ3v) is 5.64. The second-order valence-electron chi connectivity index (χ2n) is 7.15. The average molecular weight is 335 g/mol. The van der Waals surface area contributed by atoms with Crippen LogP contribution in [0.4, 0.5) is 0 Å². The largest absolute Gasteiger partial charge is 0.463 e. The number of fused-ring (bicyclic) bond motifs is 1. The number of carbonyl (C=O) groups is 1. The van der Waals surface area contributed by atoms with Crippen LogP contribution >= 0.6 is 0 Å². The third kappa shape index (κ3) is 3.47. The maximum Gasteiger partial charge on any atom is 0.317 e. The molecule has 0 N–H and O–H groups in total. The molecule has 3 nitrogen and oxygen atoms in total. The van der Waals surface area contributed by atoms with Crippen molar-refractivity contribution < 1.29 is 9.53 Å². The molecule has 0 bridgehead atoms. The third-order valence-electron chi connectivity index (χ3n) is 5.64. The quantitative estimate of drug-likeness (QED) is 0.774. The number of rotatable bonds is 5. The normalized spacial score (nSPS) is 22.9. The molecule has 2 heterocycles. The summed E-state index contributed by atoms with van der Waals surface area (Å²) in [5.74, 6) is -0.488. The predicted molar refractivity (Wildman–Crippen MR) is 98.4 cm³/mol. The molecule has 2 saturated heterocycles. The van der Waals surface area contributed by atoms with Crippen molar-refractivity contribution in [2.24, 2.45) is 0 Å². The molecule has 2 atom stereocenters. The van der Waals surface area contributed by atoms with E-state index >= 15 is 0 Å². The van der Waals surface area contributed by atoms with Gasteiger partial charge in [0.05, 0.1) is 0 Å². The van der Waals surface area contributed by atoms with Crippen molar-refractivity contribution in [3.63, 3.8) is 0 Å². The van der Waals surface area contributed by atoms with E-state index in [0.29, 0.717) is 12.6 Å². The molecule has 25 heavy (non-hydrogen) atoms. The molecule has 2 aliphatic heterocycles. The molecule has 0 radical (unpaired) electrons. The molecule has 2 aromatic rings. The van der Waals surface area contributed by atoms with Gasteiger partial charge in [0.15, 0.2) is 0 Å². The van der Waals surface area contributed by atoms with Gasteiger partial charge in [-0.3, -0.25) is 9.69 Å². The zero-order valence-electron chi connectivity index (χ0n) is 14.5. The molecule has 0 amide bonds. The number of hydrogen-bond acceptors (Lipinski definition) is 3. The summed E-state index contributed by atoms with van der Waals surface area (Å²) in [6.07, 6.45) is 5.00. The van der Waals surface area contributed by atoms with Gasteiger partial charge in [-0.15, -0.1) is 0 Å². The van der Waals surface area contributed by atoms with E-state index in [0.717, 1.165) is 30.1 Å². The van der Waals surface area contributed by atoms with E-state index in [-0.39, 0.29) is 11.9 Å². The number of benzene rings is 2. The highest BCUT2D eigenvalue weighted by atomic mass is 16.5. The van der Waals surface area contributed by atoms with Gasteiger partial charge in [-0.05, 0) is 43.4 Å².